The zero-order valence-corrected chi connectivity index (χ0v) is 21.2. The Morgan fingerprint density at radius 2 is 1.64 bits per heavy atom. The van der Waals surface area contributed by atoms with Crippen LogP contribution in [0.15, 0.2) is 48.5 Å². The molecular formula is C26H30N4O5S. The van der Waals surface area contributed by atoms with E-state index in [0.717, 1.165) is 35.3 Å². The van der Waals surface area contributed by atoms with Gasteiger partial charge in [-0.15, -0.1) is 5.10 Å². The lowest BCUT2D eigenvalue weighted by atomic mass is 9.78. The van der Waals surface area contributed by atoms with Crippen LogP contribution in [0.25, 0.3) is 0 Å². The van der Waals surface area contributed by atoms with E-state index in [9.17, 15) is 4.79 Å². The maximum absolute atomic E-state index is 10.7. The van der Waals surface area contributed by atoms with Crippen LogP contribution in [0.4, 0.5) is 9.93 Å². The lowest BCUT2D eigenvalue weighted by Gasteiger charge is -2.35. The average molecular weight is 511 g/mol. The molecule has 2 heterocycles. The monoisotopic (exact) mass is 510 g/mol. The molecule has 0 unspecified atom stereocenters. The second kappa shape index (κ2) is 10.3. The number of rotatable bonds is 8. The van der Waals surface area contributed by atoms with Crippen molar-refractivity contribution < 1.29 is 24.1 Å². The number of carboxylic acid groups (broad SMARTS) is 1. The van der Waals surface area contributed by atoms with Gasteiger partial charge in [0.2, 0.25) is 5.13 Å². The Labute approximate surface area is 214 Å². The fraction of sp³-hybridized carbons (Fsp3) is 0.423. The highest BCUT2D eigenvalue weighted by Crippen LogP contribution is 2.36. The highest BCUT2D eigenvalue weighted by molar-refractivity contribution is 7.17. The summed E-state index contributed by atoms with van der Waals surface area (Å²) in [5.74, 6) is 1.52. The van der Waals surface area contributed by atoms with Crippen molar-refractivity contribution in [3.63, 3.8) is 0 Å². The molecule has 0 bridgehead atoms. The Morgan fingerprint density at radius 3 is 2.25 bits per heavy atom. The van der Waals surface area contributed by atoms with Gasteiger partial charge in [-0.05, 0) is 46.7 Å². The van der Waals surface area contributed by atoms with Crippen LogP contribution in [0.2, 0.25) is 0 Å². The van der Waals surface area contributed by atoms with Crippen LogP contribution in [0.3, 0.4) is 0 Å². The van der Waals surface area contributed by atoms with E-state index in [2.05, 4.69) is 58.5 Å². The van der Waals surface area contributed by atoms with Gasteiger partial charge < -0.3 is 29.5 Å². The molecule has 5 rings (SSSR count). The van der Waals surface area contributed by atoms with Gasteiger partial charge in [0.15, 0.2) is 0 Å². The molecule has 190 valence electrons. The van der Waals surface area contributed by atoms with Gasteiger partial charge in [-0.25, -0.2) is 4.79 Å². The van der Waals surface area contributed by atoms with Gasteiger partial charge in [-0.3, -0.25) is 0 Å². The number of aromatic nitrogens is 2. The molecule has 10 heteroatoms. The van der Waals surface area contributed by atoms with Gasteiger partial charge in [0.25, 0.3) is 0 Å². The minimum atomic E-state index is -0.984. The van der Waals surface area contributed by atoms with Gasteiger partial charge in [0, 0.05) is 37.4 Å². The van der Waals surface area contributed by atoms with Crippen molar-refractivity contribution in [2.24, 2.45) is 0 Å². The van der Waals surface area contributed by atoms with E-state index in [-0.39, 0.29) is 17.6 Å². The molecule has 2 fully saturated rings. The predicted molar refractivity (Wildman–Crippen MR) is 137 cm³/mol. The second-order valence-corrected chi connectivity index (χ2v) is 10.5. The summed E-state index contributed by atoms with van der Waals surface area (Å²) in [5, 5.41) is 21.1. The van der Waals surface area contributed by atoms with Gasteiger partial charge >= 0.3 is 11.3 Å². The summed E-state index contributed by atoms with van der Waals surface area (Å²) in [7, 11) is 0. The zero-order valence-electron chi connectivity index (χ0n) is 20.3. The summed E-state index contributed by atoms with van der Waals surface area (Å²) in [6.45, 7) is 7.41. The molecule has 1 aliphatic carbocycles. The Morgan fingerprint density at radius 1 is 1.03 bits per heavy atom. The summed E-state index contributed by atoms with van der Waals surface area (Å²) in [4.78, 5) is 12.9. The van der Waals surface area contributed by atoms with Crippen LogP contribution in [0.1, 0.15) is 37.8 Å². The van der Waals surface area contributed by atoms with E-state index in [1.807, 2.05) is 24.3 Å². The third-order valence-corrected chi connectivity index (χ3v) is 7.62. The van der Waals surface area contributed by atoms with E-state index in [1.165, 1.54) is 16.9 Å². The summed E-state index contributed by atoms with van der Waals surface area (Å²) in [6, 6.07) is 16.2. The van der Waals surface area contributed by atoms with Gasteiger partial charge in [-0.2, -0.15) is 0 Å². The quantitative estimate of drug-likeness (QED) is 0.450. The number of benzene rings is 2. The minimum absolute atomic E-state index is 0.0173. The maximum atomic E-state index is 10.7. The predicted octanol–water partition coefficient (Wildman–Crippen LogP) is 4.67. The topological polar surface area (TPSA) is 106 Å². The minimum Gasteiger partial charge on any atom is -0.490 e. The number of hydrogen-bond acceptors (Lipinski definition) is 8. The van der Waals surface area contributed by atoms with Crippen molar-refractivity contribution in [3.05, 3.63) is 59.7 Å². The summed E-state index contributed by atoms with van der Waals surface area (Å²) >= 11 is 1.44. The van der Waals surface area contributed by atoms with Crippen molar-refractivity contribution >= 4 is 22.6 Å². The van der Waals surface area contributed by atoms with E-state index < -0.39 is 6.09 Å². The number of ether oxygens (including phenoxy) is 3. The average Bonchev–Trinajstić information content (AvgIpc) is 3.32. The fourth-order valence-corrected chi connectivity index (χ4v) is 5.20. The van der Waals surface area contributed by atoms with E-state index in [4.69, 9.17) is 19.3 Å². The summed E-state index contributed by atoms with van der Waals surface area (Å²) < 4.78 is 17.3. The Bertz CT molecular complexity index is 1170. The van der Waals surface area contributed by atoms with Crippen LogP contribution >= 0.6 is 11.3 Å². The maximum Gasteiger partial charge on any atom is 0.404 e. The van der Waals surface area contributed by atoms with E-state index >= 15 is 0 Å². The molecule has 1 amide bonds. The molecule has 2 N–H and O–H groups in total. The summed E-state index contributed by atoms with van der Waals surface area (Å²) in [5.41, 5.74) is 2.12. The molecule has 1 saturated carbocycles. The molecule has 9 nitrogen and oxygen atoms in total. The molecule has 0 radical (unpaired) electrons. The number of nitrogens with zero attached hydrogens (tertiary/aromatic N) is 3. The summed E-state index contributed by atoms with van der Waals surface area (Å²) in [6.07, 6.45) is 0.452. The number of amides is 1. The normalized spacial score (nSPS) is 19.9. The molecule has 3 aromatic rings. The molecule has 2 aromatic carbocycles. The van der Waals surface area contributed by atoms with Crippen molar-refractivity contribution in [1.82, 2.24) is 15.5 Å². The van der Waals surface area contributed by atoms with E-state index in [1.54, 1.807) is 0 Å². The third kappa shape index (κ3) is 5.55. The first kappa shape index (κ1) is 24.3. The van der Waals surface area contributed by atoms with Crippen LogP contribution in [0.5, 0.6) is 16.7 Å². The van der Waals surface area contributed by atoms with Crippen molar-refractivity contribution in [2.45, 2.75) is 44.2 Å². The standard InChI is InChI=1S/C26H30N4O5S/c1-26(2,17-3-7-20(8-4-17)34-22-15-19(16-22)27-24(31)32)18-5-9-21(10-6-18)35-25-29-28-23(36-25)30-11-13-33-14-12-30/h3-10,19,22,27H,11-16H2,1-2H3,(H,31,32). The largest absolute Gasteiger partial charge is 0.490 e. The number of morpholine rings is 1. The first-order valence-electron chi connectivity index (χ1n) is 12.1. The van der Waals surface area contributed by atoms with E-state index in [0.29, 0.717) is 31.2 Å². The molecule has 1 aliphatic heterocycles. The molecule has 0 spiro atoms. The molecule has 0 atom stereocenters. The van der Waals surface area contributed by atoms with Crippen LogP contribution < -0.4 is 19.7 Å². The molecule has 1 saturated heterocycles. The lowest BCUT2D eigenvalue weighted by molar-refractivity contribution is 0.0833. The van der Waals surface area contributed by atoms with Gasteiger partial charge in [0.1, 0.15) is 17.6 Å². The number of hydrogen-bond donors (Lipinski definition) is 2. The van der Waals surface area contributed by atoms with Gasteiger partial charge in [0.05, 0.1) is 13.2 Å². The highest BCUT2D eigenvalue weighted by Gasteiger charge is 2.32. The van der Waals surface area contributed by atoms with Gasteiger partial charge in [-0.1, -0.05) is 43.2 Å². The fourth-order valence-electron chi connectivity index (χ4n) is 4.43. The Balaban J connectivity index is 1.17. The lowest BCUT2D eigenvalue weighted by Crippen LogP contribution is -2.48. The van der Waals surface area contributed by atoms with Crippen LogP contribution in [0, 0.1) is 0 Å². The SMILES string of the molecule is CC(C)(c1ccc(Oc2nnc(N3CCOCC3)s2)cc1)c1ccc(OC2CC(NC(=O)O)C2)cc1. The number of carbonyl (C=O) groups is 1. The first-order valence-corrected chi connectivity index (χ1v) is 12.9. The van der Waals surface area contributed by atoms with Crippen LogP contribution in [-0.2, 0) is 10.2 Å². The first-order chi connectivity index (χ1) is 17.4. The Hall–Kier alpha value is -3.37. The molecule has 2 aliphatic rings. The Kier molecular flexibility index (Phi) is 6.97. The molecule has 36 heavy (non-hydrogen) atoms. The van der Waals surface area contributed by atoms with Crippen molar-refractivity contribution in [1.29, 1.82) is 0 Å². The number of anilines is 1. The molecule has 1 aromatic heterocycles. The van der Waals surface area contributed by atoms with Crippen molar-refractivity contribution in [2.75, 3.05) is 31.2 Å². The van der Waals surface area contributed by atoms with Crippen LogP contribution in [-0.4, -0.2) is 59.8 Å². The molecular weight excluding hydrogens is 480 g/mol. The highest BCUT2D eigenvalue weighted by atomic mass is 32.1. The number of nitrogens with one attached hydrogen (secondary N) is 1. The smallest absolute Gasteiger partial charge is 0.404 e. The second-order valence-electron chi connectivity index (χ2n) is 9.58. The third-order valence-electron chi connectivity index (χ3n) is 6.76. The van der Waals surface area contributed by atoms with Crippen molar-refractivity contribution in [3.8, 4) is 16.7 Å². The zero-order chi connectivity index (χ0) is 25.1.